The zero-order valence-electron chi connectivity index (χ0n) is 14.6. The Morgan fingerprint density at radius 3 is 2.18 bits per heavy atom. The van der Waals surface area contributed by atoms with E-state index in [1.54, 1.807) is 25.6 Å². The predicted octanol–water partition coefficient (Wildman–Crippen LogP) is 4.50. The van der Waals surface area contributed by atoms with E-state index in [1.807, 2.05) is 0 Å². The van der Waals surface area contributed by atoms with E-state index in [1.165, 1.54) is 0 Å². The number of thioether (sulfide) groups is 1. The largest absolute Gasteiger partial charge is 0.353 e. The number of carbonyl (C=O) groups is 1. The lowest BCUT2D eigenvalue weighted by molar-refractivity contribution is -0.122. The summed E-state index contributed by atoms with van der Waals surface area (Å²) in [5, 5.41) is 2.75. The zero-order chi connectivity index (χ0) is 17.0. The van der Waals surface area contributed by atoms with Crippen molar-refractivity contribution in [3.05, 3.63) is 0 Å². The van der Waals surface area contributed by atoms with Crippen molar-refractivity contribution in [2.24, 2.45) is 0 Å². The van der Waals surface area contributed by atoms with Crippen molar-refractivity contribution in [2.45, 2.75) is 81.5 Å². The van der Waals surface area contributed by atoms with Gasteiger partial charge < -0.3 is 5.32 Å². The molecule has 1 amide bonds. The van der Waals surface area contributed by atoms with Crippen LogP contribution < -0.4 is 5.32 Å². The van der Waals surface area contributed by atoms with E-state index in [0.717, 1.165) is 37.9 Å². The minimum Gasteiger partial charge on any atom is -0.353 e. The summed E-state index contributed by atoms with van der Waals surface area (Å²) in [7, 11) is -2.95. The van der Waals surface area contributed by atoms with Gasteiger partial charge in [-0.2, -0.15) is 22.4 Å². The van der Waals surface area contributed by atoms with Gasteiger partial charge >= 0.3 is 0 Å². The molecule has 0 radical (unpaired) electrons. The Hall–Kier alpha value is 0.0900. The Balaban J connectivity index is 2.57. The van der Waals surface area contributed by atoms with Crippen LogP contribution in [0.5, 0.6) is 0 Å². The average Bonchev–Trinajstić information content (AvgIpc) is 2.43. The van der Waals surface area contributed by atoms with Crippen molar-refractivity contribution in [3.63, 3.8) is 0 Å². The summed E-state index contributed by atoms with van der Waals surface area (Å²) >= 11 is 1.79. The third-order valence-corrected chi connectivity index (χ3v) is 8.60. The van der Waals surface area contributed by atoms with Crippen molar-refractivity contribution in [3.8, 4) is 0 Å². The lowest BCUT2D eigenvalue weighted by Crippen LogP contribution is -2.49. The zero-order valence-corrected chi connectivity index (χ0v) is 16.3. The van der Waals surface area contributed by atoms with Gasteiger partial charge in [0, 0.05) is 22.3 Å². The molecule has 0 aromatic heterocycles. The van der Waals surface area contributed by atoms with Crippen LogP contribution in [0.4, 0.5) is 0 Å². The number of carbonyl (C=O) groups excluding carboxylic acids is 1. The number of hydrogen-bond acceptors (Lipinski definition) is 4. The highest BCUT2D eigenvalue weighted by atomic mass is 32.3. The fourth-order valence-electron chi connectivity index (χ4n) is 2.68. The quantitative estimate of drug-likeness (QED) is 0.616. The Kier molecular flexibility index (Phi) is 7.12. The van der Waals surface area contributed by atoms with Crippen LogP contribution in [-0.4, -0.2) is 42.1 Å². The first kappa shape index (κ1) is 20.1. The van der Waals surface area contributed by atoms with Gasteiger partial charge in [-0.25, -0.2) is 0 Å². The molecule has 0 aromatic rings. The highest BCUT2D eigenvalue weighted by molar-refractivity contribution is 8.26. The molecule has 6 heteroatoms. The van der Waals surface area contributed by atoms with Gasteiger partial charge in [-0.05, 0) is 26.7 Å². The molecule has 1 fully saturated rings. The van der Waals surface area contributed by atoms with Crippen LogP contribution in [0.25, 0.3) is 0 Å². The highest BCUT2D eigenvalue weighted by Crippen LogP contribution is 2.59. The summed E-state index contributed by atoms with van der Waals surface area (Å²) in [6.45, 7) is 10.3. The molecule has 132 valence electrons. The molecule has 1 saturated carbocycles. The molecular weight excluding hydrogens is 318 g/mol. The highest BCUT2D eigenvalue weighted by Gasteiger charge is 2.45. The summed E-state index contributed by atoms with van der Waals surface area (Å²) in [6.07, 6.45) is 4.85. The normalized spacial score (nSPS) is 19.0. The minimum absolute atomic E-state index is 0.133. The second-order valence-electron chi connectivity index (χ2n) is 7.58. The summed E-state index contributed by atoms with van der Waals surface area (Å²) < 4.78 is 20.4. The minimum atomic E-state index is -2.95. The van der Waals surface area contributed by atoms with E-state index in [4.69, 9.17) is 0 Å². The van der Waals surface area contributed by atoms with Crippen molar-refractivity contribution in [1.82, 2.24) is 5.32 Å². The second kappa shape index (κ2) is 7.77. The van der Waals surface area contributed by atoms with Crippen LogP contribution in [0.2, 0.25) is 0 Å². The van der Waals surface area contributed by atoms with Crippen LogP contribution in [0.1, 0.15) is 66.7 Å². The van der Waals surface area contributed by atoms with Crippen molar-refractivity contribution < 1.29 is 13.9 Å². The molecule has 22 heavy (non-hydrogen) atoms. The molecule has 0 atom stereocenters. The fourth-order valence-corrected chi connectivity index (χ4v) is 5.67. The SMILES string of the molecule is CC(C)(C)SCCNC(=O)C(C)(C)S(O)(O)C1CCCCC1. The van der Waals surface area contributed by atoms with Gasteiger partial charge in [0.15, 0.2) is 0 Å². The maximum absolute atomic E-state index is 12.5. The van der Waals surface area contributed by atoms with E-state index in [9.17, 15) is 13.9 Å². The molecule has 0 spiro atoms. The predicted molar refractivity (Wildman–Crippen MR) is 99.0 cm³/mol. The summed E-state index contributed by atoms with van der Waals surface area (Å²) in [4.78, 5) is 12.5. The first-order valence-electron chi connectivity index (χ1n) is 8.17. The molecule has 0 heterocycles. The second-order valence-corrected chi connectivity index (χ2v) is 12.4. The summed E-state index contributed by atoms with van der Waals surface area (Å²) in [6, 6.07) is 0. The summed E-state index contributed by atoms with van der Waals surface area (Å²) in [5.41, 5.74) is 0. The van der Waals surface area contributed by atoms with Crippen molar-refractivity contribution in [2.75, 3.05) is 12.3 Å². The van der Waals surface area contributed by atoms with Gasteiger partial charge in [0.1, 0.15) is 4.75 Å². The topological polar surface area (TPSA) is 69.6 Å². The van der Waals surface area contributed by atoms with E-state index in [0.29, 0.717) is 6.54 Å². The fraction of sp³-hybridized carbons (Fsp3) is 0.938. The molecule has 0 saturated heterocycles. The summed E-state index contributed by atoms with van der Waals surface area (Å²) in [5.74, 6) is 0.584. The number of hydrogen-bond donors (Lipinski definition) is 3. The van der Waals surface area contributed by atoms with Crippen LogP contribution in [0.15, 0.2) is 0 Å². The first-order valence-corrected chi connectivity index (χ1v) is 10.8. The monoisotopic (exact) mass is 351 g/mol. The van der Waals surface area contributed by atoms with Crippen molar-refractivity contribution >= 4 is 28.3 Å². The molecule has 0 aromatic carbocycles. The molecule has 1 aliphatic carbocycles. The average molecular weight is 352 g/mol. The van der Waals surface area contributed by atoms with Gasteiger partial charge in [0.05, 0.1) is 0 Å². The number of nitrogens with one attached hydrogen (secondary N) is 1. The van der Waals surface area contributed by atoms with Crippen molar-refractivity contribution in [1.29, 1.82) is 0 Å². The first-order chi connectivity index (χ1) is 9.98. The molecule has 1 aliphatic rings. The van der Waals surface area contributed by atoms with Gasteiger partial charge in [0.2, 0.25) is 5.91 Å². The molecule has 4 nitrogen and oxygen atoms in total. The van der Waals surface area contributed by atoms with Crippen LogP contribution in [-0.2, 0) is 4.79 Å². The van der Waals surface area contributed by atoms with E-state index < -0.39 is 15.3 Å². The van der Waals surface area contributed by atoms with Gasteiger partial charge in [-0.15, -0.1) is 0 Å². The number of amides is 1. The molecular formula is C16H33NO3S2. The van der Waals surface area contributed by atoms with Crippen LogP contribution in [0.3, 0.4) is 0 Å². The van der Waals surface area contributed by atoms with Crippen LogP contribution in [0, 0.1) is 0 Å². The third kappa shape index (κ3) is 5.32. The standard InChI is InChI=1S/C16H33NO3S2/c1-15(2,3)21-12-11-17-14(18)16(4,5)22(19,20)13-9-7-6-8-10-13/h13,19-20H,6-12H2,1-5H3,(H,17,18). The van der Waals surface area contributed by atoms with E-state index >= 15 is 0 Å². The molecule has 1 rings (SSSR count). The molecule has 3 N–H and O–H groups in total. The Labute approximate surface area is 141 Å². The van der Waals surface area contributed by atoms with Crippen LogP contribution >= 0.6 is 22.4 Å². The third-order valence-electron chi connectivity index (χ3n) is 4.24. The number of rotatable bonds is 6. The Morgan fingerprint density at radius 1 is 1.14 bits per heavy atom. The lowest BCUT2D eigenvalue weighted by Gasteiger charge is -2.51. The van der Waals surface area contributed by atoms with Gasteiger partial charge in [-0.1, -0.05) is 40.0 Å². The van der Waals surface area contributed by atoms with Gasteiger partial charge in [-0.3, -0.25) is 13.9 Å². The van der Waals surface area contributed by atoms with E-state index in [2.05, 4.69) is 26.1 Å². The smallest absolute Gasteiger partial charge is 0.244 e. The lowest BCUT2D eigenvalue weighted by atomic mass is 10.0. The molecule has 0 aliphatic heterocycles. The van der Waals surface area contributed by atoms with Gasteiger partial charge in [0.25, 0.3) is 0 Å². The Bertz CT molecular complexity index is 372. The Morgan fingerprint density at radius 2 is 1.68 bits per heavy atom. The maximum Gasteiger partial charge on any atom is 0.244 e. The molecule has 0 unspecified atom stereocenters. The maximum atomic E-state index is 12.5. The van der Waals surface area contributed by atoms with E-state index in [-0.39, 0.29) is 15.9 Å². The molecule has 0 bridgehead atoms.